The van der Waals surface area contributed by atoms with Gasteiger partial charge in [0.15, 0.2) is 0 Å². The molecule has 2 aliphatic heterocycles. The molecule has 1 aromatic heterocycles. The summed E-state index contributed by atoms with van der Waals surface area (Å²) >= 11 is 0. The molecule has 2 amide bonds. The molecular weight excluding hydrogens is 376 g/mol. The Labute approximate surface area is 178 Å². The molecule has 30 heavy (non-hydrogen) atoms. The van der Waals surface area contributed by atoms with Crippen LogP contribution in [0, 0.1) is 5.92 Å². The number of aromatic nitrogens is 1. The lowest BCUT2D eigenvalue weighted by atomic mass is 9.99. The highest BCUT2D eigenvalue weighted by molar-refractivity contribution is 5.76. The number of nitrogens with one attached hydrogen (secondary N) is 1. The molecule has 6 nitrogen and oxygen atoms in total. The largest absolute Gasteiger partial charge is 0.508 e. The molecule has 1 aromatic carbocycles. The highest BCUT2D eigenvalue weighted by atomic mass is 16.3. The number of carbonyl (C=O) groups is 1. The monoisotopic (exact) mass is 406 g/mol. The Morgan fingerprint density at radius 1 is 1.13 bits per heavy atom. The second kappa shape index (κ2) is 9.20. The smallest absolute Gasteiger partial charge is 0.317 e. The molecule has 0 bridgehead atoms. The number of urea groups is 1. The zero-order valence-electron chi connectivity index (χ0n) is 17.6. The number of aromatic hydroxyl groups is 1. The molecule has 1 saturated heterocycles. The normalized spacial score (nSPS) is 17.6. The second-order valence-corrected chi connectivity index (χ2v) is 8.33. The number of hydrogen-bond donors (Lipinski definition) is 2. The minimum Gasteiger partial charge on any atom is -0.508 e. The van der Waals surface area contributed by atoms with Gasteiger partial charge in [0.25, 0.3) is 0 Å². The van der Waals surface area contributed by atoms with E-state index in [-0.39, 0.29) is 11.8 Å². The number of nitrogens with zero attached hydrogens (tertiary/aromatic N) is 3. The van der Waals surface area contributed by atoms with Crippen LogP contribution in [0.1, 0.15) is 37.3 Å². The Bertz CT molecular complexity index is 884. The summed E-state index contributed by atoms with van der Waals surface area (Å²) in [6.07, 6.45) is 7.21. The predicted octanol–water partition coefficient (Wildman–Crippen LogP) is 4.02. The van der Waals surface area contributed by atoms with Gasteiger partial charge in [0, 0.05) is 38.9 Å². The van der Waals surface area contributed by atoms with Gasteiger partial charge in [-0.3, -0.25) is 0 Å². The Kier molecular flexibility index (Phi) is 6.21. The lowest BCUT2D eigenvalue weighted by molar-refractivity contribution is 0.202. The van der Waals surface area contributed by atoms with Gasteiger partial charge in [-0.25, -0.2) is 9.78 Å². The van der Waals surface area contributed by atoms with Crippen LogP contribution in [0.2, 0.25) is 0 Å². The third kappa shape index (κ3) is 4.93. The van der Waals surface area contributed by atoms with Crippen molar-refractivity contribution in [2.75, 3.05) is 31.1 Å². The summed E-state index contributed by atoms with van der Waals surface area (Å²) in [6, 6.07) is 11.3. The minimum atomic E-state index is -0.0508. The molecule has 2 N–H and O–H groups in total. The van der Waals surface area contributed by atoms with Crippen molar-refractivity contribution in [2.24, 2.45) is 5.92 Å². The third-order valence-electron chi connectivity index (χ3n) is 6.09. The standard InChI is InChI=1S/C24H30N4O2/c1-18-8-12-27(13-9-18)23-7-2-19(16-25-23)17-26-24(30)28-14-10-21(11-15-28)20-3-5-22(29)6-4-20/h2-7,10,16,18,29H,8-9,11-15,17H2,1H3,(H,26,30). The molecule has 158 valence electrons. The van der Waals surface area contributed by atoms with Crippen LogP contribution in [-0.4, -0.2) is 47.2 Å². The van der Waals surface area contributed by atoms with E-state index < -0.39 is 0 Å². The first-order valence-corrected chi connectivity index (χ1v) is 10.8. The van der Waals surface area contributed by atoms with Crippen molar-refractivity contribution >= 4 is 17.4 Å². The topological polar surface area (TPSA) is 68.7 Å². The van der Waals surface area contributed by atoms with E-state index in [0.29, 0.717) is 19.6 Å². The zero-order chi connectivity index (χ0) is 20.9. The molecule has 1 fully saturated rings. The molecule has 2 aromatic rings. The van der Waals surface area contributed by atoms with E-state index in [0.717, 1.165) is 42.4 Å². The zero-order valence-corrected chi connectivity index (χ0v) is 17.6. The number of anilines is 1. The van der Waals surface area contributed by atoms with Gasteiger partial charge in [0.2, 0.25) is 0 Å². The molecule has 0 aliphatic carbocycles. The van der Waals surface area contributed by atoms with Crippen molar-refractivity contribution in [3.8, 4) is 5.75 Å². The van der Waals surface area contributed by atoms with Gasteiger partial charge in [0.05, 0.1) is 0 Å². The van der Waals surface area contributed by atoms with E-state index in [1.165, 1.54) is 18.4 Å². The van der Waals surface area contributed by atoms with Crippen molar-refractivity contribution < 1.29 is 9.90 Å². The van der Waals surface area contributed by atoms with Crippen molar-refractivity contribution in [3.05, 3.63) is 59.8 Å². The van der Waals surface area contributed by atoms with Crippen LogP contribution in [0.25, 0.3) is 5.57 Å². The van der Waals surface area contributed by atoms with Crippen LogP contribution < -0.4 is 10.2 Å². The molecule has 0 radical (unpaired) electrons. The van der Waals surface area contributed by atoms with Crippen LogP contribution in [-0.2, 0) is 6.54 Å². The fourth-order valence-corrected chi connectivity index (χ4v) is 4.03. The fraction of sp³-hybridized carbons (Fsp3) is 0.417. The maximum absolute atomic E-state index is 12.5. The van der Waals surface area contributed by atoms with Crippen LogP contribution >= 0.6 is 0 Å². The summed E-state index contributed by atoms with van der Waals surface area (Å²) in [5, 5.41) is 12.4. The molecule has 0 atom stereocenters. The summed E-state index contributed by atoms with van der Waals surface area (Å²) in [6.45, 7) is 6.20. The Morgan fingerprint density at radius 3 is 2.53 bits per heavy atom. The first kappa shape index (κ1) is 20.3. The molecule has 0 unspecified atom stereocenters. The summed E-state index contributed by atoms with van der Waals surface area (Å²) in [5.74, 6) is 2.10. The van der Waals surface area contributed by atoms with Crippen molar-refractivity contribution in [1.82, 2.24) is 15.2 Å². The van der Waals surface area contributed by atoms with E-state index in [9.17, 15) is 9.90 Å². The number of hydrogen-bond acceptors (Lipinski definition) is 4. The molecule has 6 heteroatoms. The lowest BCUT2D eigenvalue weighted by Crippen LogP contribution is -2.41. The number of phenols is 1. The number of pyridine rings is 1. The summed E-state index contributed by atoms with van der Waals surface area (Å²) in [5.41, 5.74) is 3.32. The highest BCUT2D eigenvalue weighted by Crippen LogP contribution is 2.24. The minimum absolute atomic E-state index is 0.0508. The van der Waals surface area contributed by atoms with E-state index >= 15 is 0 Å². The van der Waals surface area contributed by atoms with Gasteiger partial charge >= 0.3 is 6.03 Å². The van der Waals surface area contributed by atoms with Crippen molar-refractivity contribution in [3.63, 3.8) is 0 Å². The first-order chi connectivity index (χ1) is 14.6. The molecule has 2 aliphatic rings. The van der Waals surface area contributed by atoms with E-state index in [1.54, 1.807) is 12.1 Å². The van der Waals surface area contributed by atoms with Crippen LogP contribution in [0.15, 0.2) is 48.7 Å². The van der Waals surface area contributed by atoms with Crippen LogP contribution in [0.5, 0.6) is 5.75 Å². The summed E-state index contributed by atoms with van der Waals surface area (Å²) < 4.78 is 0. The van der Waals surface area contributed by atoms with Crippen molar-refractivity contribution in [1.29, 1.82) is 0 Å². The van der Waals surface area contributed by atoms with Gasteiger partial charge < -0.3 is 20.2 Å². The number of phenolic OH excluding ortho intramolecular Hbond substituents is 1. The van der Waals surface area contributed by atoms with Gasteiger partial charge in [-0.2, -0.15) is 0 Å². The summed E-state index contributed by atoms with van der Waals surface area (Å²) in [4.78, 5) is 21.3. The number of carbonyl (C=O) groups excluding carboxylic acids is 1. The van der Waals surface area contributed by atoms with Crippen LogP contribution in [0.4, 0.5) is 10.6 Å². The number of benzene rings is 1. The Hall–Kier alpha value is -3.02. The van der Waals surface area contributed by atoms with Crippen molar-refractivity contribution in [2.45, 2.75) is 32.7 Å². The number of rotatable bonds is 4. The Morgan fingerprint density at radius 2 is 1.90 bits per heavy atom. The molecule has 0 saturated carbocycles. The quantitative estimate of drug-likeness (QED) is 0.805. The Balaban J connectivity index is 1.26. The third-order valence-corrected chi connectivity index (χ3v) is 6.09. The van der Waals surface area contributed by atoms with Gasteiger partial charge in [-0.1, -0.05) is 31.2 Å². The summed E-state index contributed by atoms with van der Waals surface area (Å²) in [7, 11) is 0. The highest BCUT2D eigenvalue weighted by Gasteiger charge is 2.19. The van der Waals surface area contributed by atoms with E-state index in [2.05, 4.69) is 40.3 Å². The second-order valence-electron chi connectivity index (χ2n) is 8.33. The maximum atomic E-state index is 12.5. The number of piperidine rings is 1. The SMILES string of the molecule is CC1CCN(c2ccc(CNC(=O)N3CC=C(c4ccc(O)cc4)CC3)cn2)CC1. The van der Waals surface area contributed by atoms with Gasteiger partial charge in [0.1, 0.15) is 11.6 Å². The molecule has 0 spiro atoms. The molecular formula is C24H30N4O2. The van der Waals surface area contributed by atoms with Crippen LogP contribution in [0.3, 0.4) is 0 Å². The average Bonchev–Trinajstić information content (AvgIpc) is 2.79. The predicted molar refractivity (Wildman–Crippen MR) is 119 cm³/mol. The molecule has 4 rings (SSSR count). The van der Waals surface area contributed by atoms with Gasteiger partial charge in [-0.05, 0) is 60.1 Å². The van der Waals surface area contributed by atoms with E-state index in [4.69, 9.17) is 0 Å². The van der Waals surface area contributed by atoms with Gasteiger partial charge in [-0.15, -0.1) is 0 Å². The fourth-order valence-electron chi connectivity index (χ4n) is 4.03. The maximum Gasteiger partial charge on any atom is 0.317 e. The van der Waals surface area contributed by atoms with E-state index in [1.807, 2.05) is 23.2 Å². The lowest BCUT2D eigenvalue weighted by Gasteiger charge is -2.31. The number of amides is 2. The average molecular weight is 407 g/mol. The molecule has 3 heterocycles. The first-order valence-electron chi connectivity index (χ1n) is 10.8.